The zero-order valence-electron chi connectivity index (χ0n) is 13.0. The highest BCUT2D eigenvalue weighted by molar-refractivity contribution is 5.94. The van der Waals surface area contributed by atoms with Gasteiger partial charge in [0.05, 0.1) is 12.8 Å². The van der Waals surface area contributed by atoms with Crippen molar-refractivity contribution >= 4 is 11.6 Å². The van der Waals surface area contributed by atoms with Gasteiger partial charge in [-0.2, -0.15) is 0 Å². The summed E-state index contributed by atoms with van der Waals surface area (Å²) in [4.78, 5) is 16.4. The summed E-state index contributed by atoms with van der Waals surface area (Å²) in [6.45, 7) is 2.66. The van der Waals surface area contributed by atoms with E-state index in [4.69, 9.17) is 4.74 Å². The number of ether oxygens (including phenoxy) is 1. The Bertz CT molecular complexity index is 697. The highest BCUT2D eigenvalue weighted by atomic mass is 19.1. The van der Waals surface area contributed by atoms with E-state index < -0.39 is 0 Å². The standard InChI is InChI=1S/C18H19FN2O2/c1-23-17-8-3-2-7-16(17)20-9-11-21(12-10-20)18(22)14-5-4-6-15(19)13-14/h2-8,13H,9-12H2,1H3. The maximum Gasteiger partial charge on any atom is 0.254 e. The number of methoxy groups -OCH3 is 1. The number of benzene rings is 2. The molecule has 5 heteroatoms. The SMILES string of the molecule is COc1ccccc1N1CCN(C(=O)c2cccc(F)c2)CC1. The van der Waals surface area contributed by atoms with Gasteiger partial charge in [-0.15, -0.1) is 0 Å². The molecule has 0 bridgehead atoms. The van der Waals surface area contributed by atoms with Crippen LogP contribution in [0.4, 0.5) is 10.1 Å². The molecule has 0 saturated carbocycles. The monoisotopic (exact) mass is 314 g/mol. The third-order valence-corrected chi connectivity index (χ3v) is 4.06. The van der Waals surface area contributed by atoms with Gasteiger partial charge in [0.15, 0.2) is 0 Å². The van der Waals surface area contributed by atoms with E-state index in [1.165, 1.54) is 12.1 Å². The van der Waals surface area contributed by atoms with E-state index in [2.05, 4.69) is 4.90 Å². The number of carbonyl (C=O) groups is 1. The maximum absolute atomic E-state index is 13.3. The van der Waals surface area contributed by atoms with Crippen LogP contribution in [0.15, 0.2) is 48.5 Å². The first-order valence-electron chi connectivity index (χ1n) is 7.62. The van der Waals surface area contributed by atoms with E-state index in [0.717, 1.165) is 24.5 Å². The first kappa shape index (κ1) is 15.3. The number of anilines is 1. The second-order valence-electron chi connectivity index (χ2n) is 5.46. The van der Waals surface area contributed by atoms with E-state index in [9.17, 15) is 9.18 Å². The van der Waals surface area contributed by atoms with Gasteiger partial charge in [-0.05, 0) is 30.3 Å². The quantitative estimate of drug-likeness (QED) is 0.873. The van der Waals surface area contributed by atoms with Crippen LogP contribution in [-0.2, 0) is 0 Å². The lowest BCUT2D eigenvalue weighted by atomic mass is 10.1. The molecule has 1 saturated heterocycles. The molecule has 0 radical (unpaired) electrons. The van der Waals surface area contributed by atoms with Crippen LogP contribution >= 0.6 is 0 Å². The van der Waals surface area contributed by atoms with Crippen LogP contribution in [0.5, 0.6) is 5.75 Å². The number of nitrogens with zero attached hydrogens (tertiary/aromatic N) is 2. The second kappa shape index (κ2) is 6.69. The molecule has 0 aliphatic carbocycles. The minimum atomic E-state index is -0.386. The fourth-order valence-electron chi connectivity index (χ4n) is 2.85. The van der Waals surface area contributed by atoms with Crippen molar-refractivity contribution in [3.63, 3.8) is 0 Å². The molecule has 1 fully saturated rings. The Labute approximate surface area is 135 Å². The number of hydrogen-bond acceptors (Lipinski definition) is 3. The first-order valence-corrected chi connectivity index (χ1v) is 7.62. The molecule has 0 N–H and O–H groups in total. The maximum atomic E-state index is 13.3. The third kappa shape index (κ3) is 3.28. The Hall–Kier alpha value is -2.56. The summed E-state index contributed by atoms with van der Waals surface area (Å²) in [5.74, 6) is 0.324. The molecule has 1 aliphatic rings. The van der Waals surface area contributed by atoms with Crippen LogP contribution in [0.25, 0.3) is 0 Å². The van der Waals surface area contributed by atoms with Crippen LogP contribution in [0.2, 0.25) is 0 Å². The Morgan fingerprint density at radius 3 is 2.48 bits per heavy atom. The molecule has 120 valence electrons. The lowest BCUT2D eigenvalue weighted by Gasteiger charge is -2.36. The number of amides is 1. The Morgan fingerprint density at radius 2 is 1.78 bits per heavy atom. The third-order valence-electron chi connectivity index (χ3n) is 4.06. The molecular weight excluding hydrogens is 295 g/mol. The molecule has 0 spiro atoms. The number of hydrogen-bond donors (Lipinski definition) is 0. The van der Waals surface area contributed by atoms with Gasteiger partial charge in [0, 0.05) is 31.7 Å². The summed E-state index contributed by atoms with van der Waals surface area (Å²) < 4.78 is 18.7. The lowest BCUT2D eigenvalue weighted by molar-refractivity contribution is 0.0746. The summed E-state index contributed by atoms with van der Waals surface area (Å²) in [5, 5.41) is 0. The van der Waals surface area contributed by atoms with E-state index in [1.807, 2.05) is 24.3 Å². The summed E-state index contributed by atoms with van der Waals surface area (Å²) >= 11 is 0. The molecule has 2 aromatic carbocycles. The average Bonchev–Trinajstić information content (AvgIpc) is 2.61. The highest BCUT2D eigenvalue weighted by Gasteiger charge is 2.23. The van der Waals surface area contributed by atoms with Crippen molar-refractivity contribution in [2.24, 2.45) is 0 Å². The first-order chi connectivity index (χ1) is 11.2. The van der Waals surface area contributed by atoms with Crippen molar-refractivity contribution in [1.82, 2.24) is 4.90 Å². The fraction of sp³-hybridized carbons (Fsp3) is 0.278. The van der Waals surface area contributed by atoms with E-state index in [1.54, 1.807) is 24.1 Å². The fourth-order valence-corrected chi connectivity index (χ4v) is 2.85. The predicted octanol–water partition coefficient (Wildman–Crippen LogP) is 2.80. The number of rotatable bonds is 3. The molecule has 0 aromatic heterocycles. The topological polar surface area (TPSA) is 32.8 Å². The van der Waals surface area contributed by atoms with E-state index in [0.29, 0.717) is 18.7 Å². The lowest BCUT2D eigenvalue weighted by Crippen LogP contribution is -2.48. The van der Waals surface area contributed by atoms with Crippen molar-refractivity contribution in [3.05, 3.63) is 59.9 Å². The van der Waals surface area contributed by atoms with Gasteiger partial charge >= 0.3 is 0 Å². The normalized spacial score (nSPS) is 14.7. The number of para-hydroxylation sites is 2. The minimum absolute atomic E-state index is 0.121. The molecule has 23 heavy (non-hydrogen) atoms. The van der Waals surface area contributed by atoms with Gasteiger partial charge < -0.3 is 14.5 Å². The second-order valence-corrected chi connectivity index (χ2v) is 5.46. The number of piperazine rings is 1. The van der Waals surface area contributed by atoms with Gasteiger partial charge in [0.25, 0.3) is 5.91 Å². The van der Waals surface area contributed by atoms with Crippen molar-refractivity contribution in [3.8, 4) is 5.75 Å². The van der Waals surface area contributed by atoms with Gasteiger partial charge in [0.2, 0.25) is 0 Å². The predicted molar refractivity (Wildman–Crippen MR) is 87.5 cm³/mol. The van der Waals surface area contributed by atoms with Crippen LogP contribution in [0.3, 0.4) is 0 Å². The Balaban J connectivity index is 1.67. The zero-order valence-corrected chi connectivity index (χ0v) is 13.0. The highest BCUT2D eigenvalue weighted by Crippen LogP contribution is 2.28. The summed E-state index contributed by atoms with van der Waals surface area (Å²) in [7, 11) is 1.66. The number of carbonyl (C=O) groups excluding carboxylic acids is 1. The zero-order chi connectivity index (χ0) is 16.2. The van der Waals surface area contributed by atoms with Crippen LogP contribution in [0, 0.1) is 5.82 Å². The average molecular weight is 314 g/mol. The van der Waals surface area contributed by atoms with Crippen LogP contribution in [-0.4, -0.2) is 44.1 Å². The smallest absolute Gasteiger partial charge is 0.254 e. The van der Waals surface area contributed by atoms with Crippen molar-refractivity contribution in [2.75, 3.05) is 38.2 Å². The molecule has 1 aliphatic heterocycles. The summed E-state index contributed by atoms with van der Waals surface area (Å²) in [6, 6.07) is 13.7. The molecule has 2 aromatic rings. The van der Waals surface area contributed by atoms with Crippen LogP contribution < -0.4 is 9.64 Å². The van der Waals surface area contributed by atoms with Crippen LogP contribution in [0.1, 0.15) is 10.4 Å². The number of halogens is 1. The summed E-state index contributed by atoms with van der Waals surface area (Å²) in [5.41, 5.74) is 1.43. The Kier molecular flexibility index (Phi) is 4.46. The van der Waals surface area contributed by atoms with E-state index >= 15 is 0 Å². The van der Waals surface area contributed by atoms with E-state index in [-0.39, 0.29) is 11.7 Å². The van der Waals surface area contributed by atoms with Gasteiger partial charge in [-0.3, -0.25) is 4.79 Å². The largest absolute Gasteiger partial charge is 0.495 e. The molecule has 0 unspecified atom stereocenters. The van der Waals surface area contributed by atoms with Gasteiger partial charge in [-0.1, -0.05) is 18.2 Å². The molecule has 4 nitrogen and oxygen atoms in total. The molecule has 1 amide bonds. The van der Waals surface area contributed by atoms with Crippen molar-refractivity contribution in [2.45, 2.75) is 0 Å². The van der Waals surface area contributed by atoms with Crippen molar-refractivity contribution in [1.29, 1.82) is 0 Å². The van der Waals surface area contributed by atoms with Crippen molar-refractivity contribution < 1.29 is 13.9 Å². The molecule has 3 rings (SSSR count). The van der Waals surface area contributed by atoms with Gasteiger partial charge in [-0.25, -0.2) is 4.39 Å². The van der Waals surface area contributed by atoms with Gasteiger partial charge in [0.1, 0.15) is 11.6 Å². The Morgan fingerprint density at radius 1 is 1.04 bits per heavy atom. The molecule has 1 heterocycles. The molecular formula is C18H19FN2O2. The molecule has 0 atom stereocenters. The summed E-state index contributed by atoms with van der Waals surface area (Å²) in [6.07, 6.45) is 0. The minimum Gasteiger partial charge on any atom is -0.495 e.